The Morgan fingerprint density at radius 2 is 1.96 bits per heavy atom. The number of ether oxygens (including phenoxy) is 3. The zero-order valence-electron chi connectivity index (χ0n) is 15.1. The molecule has 6 nitrogen and oxygen atoms in total. The van der Waals surface area contributed by atoms with Crippen LogP contribution in [0.3, 0.4) is 0 Å². The van der Waals surface area contributed by atoms with Gasteiger partial charge in [-0.1, -0.05) is 6.07 Å². The lowest BCUT2D eigenvalue weighted by Crippen LogP contribution is -2.24. The van der Waals surface area contributed by atoms with Crippen molar-refractivity contribution in [1.82, 2.24) is 5.43 Å². The van der Waals surface area contributed by atoms with Gasteiger partial charge in [-0.2, -0.15) is 5.10 Å². The summed E-state index contributed by atoms with van der Waals surface area (Å²) in [7, 11) is 3.14. The first-order valence-electron chi connectivity index (χ1n) is 7.88. The van der Waals surface area contributed by atoms with Crippen LogP contribution < -0.4 is 19.6 Å². The summed E-state index contributed by atoms with van der Waals surface area (Å²) in [6.07, 6.45) is 1.49. The normalized spacial score (nSPS) is 10.7. The van der Waals surface area contributed by atoms with Crippen molar-refractivity contribution in [2.24, 2.45) is 5.10 Å². The van der Waals surface area contributed by atoms with Gasteiger partial charge in [0.05, 0.1) is 24.9 Å². The van der Waals surface area contributed by atoms with Gasteiger partial charge in [0.25, 0.3) is 5.91 Å². The summed E-state index contributed by atoms with van der Waals surface area (Å²) in [6, 6.07) is 9.24. The summed E-state index contributed by atoms with van der Waals surface area (Å²) in [6.45, 7) is 3.78. The van der Waals surface area contributed by atoms with E-state index in [9.17, 15) is 4.79 Å². The molecule has 0 bridgehead atoms. The van der Waals surface area contributed by atoms with E-state index in [0.29, 0.717) is 22.8 Å². The molecule has 0 atom stereocenters. The molecule has 0 aromatic heterocycles. The van der Waals surface area contributed by atoms with Gasteiger partial charge in [-0.05, 0) is 65.2 Å². The van der Waals surface area contributed by atoms with Gasteiger partial charge >= 0.3 is 0 Å². The van der Waals surface area contributed by atoms with E-state index in [1.165, 1.54) is 6.21 Å². The molecule has 2 aromatic rings. The van der Waals surface area contributed by atoms with Gasteiger partial charge in [0.1, 0.15) is 17.2 Å². The van der Waals surface area contributed by atoms with E-state index >= 15 is 0 Å². The number of hydrogen-bond acceptors (Lipinski definition) is 5. The molecule has 0 fully saturated rings. The van der Waals surface area contributed by atoms with Crippen molar-refractivity contribution < 1.29 is 19.0 Å². The molecule has 0 saturated heterocycles. The monoisotopic (exact) mass is 420 g/mol. The summed E-state index contributed by atoms with van der Waals surface area (Å²) in [4.78, 5) is 12.0. The fourth-order valence-electron chi connectivity index (χ4n) is 2.37. The van der Waals surface area contributed by atoms with Crippen molar-refractivity contribution in [3.63, 3.8) is 0 Å². The molecule has 2 aromatic carbocycles. The van der Waals surface area contributed by atoms with Crippen molar-refractivity contribution in [2.75, 3.05) is 20.8 Å². The van der Waals surface area contributed by atoms with Gasteiger partial charge in [0, 0.05) is 5.56 Å². The summed E-state index contributed by atoms with van der Waals surface area (Å²) in [5.41, 5.74) is 5.19. The highest BCUT2D eigenvalue weighted by Gasteiger charge is 2.09. The summed E-state index contributed by atoms with van der Waals surface area (Å²) < 4.78 is 16.8. The molecule has 0 aliphatic rings. The van der Waals surface area contributed by atoms with Gasteiger partial charge in [-0.25, -0.2) is 5.43 Å². The Kier molecular flexibility index (Phi) is 7.03. The largest absolute Gasteiger partial charge is 0.497 e. The number of hydrogen-bond donors (Lipinski definition) is 1. The van der Waals surface area contributed by atoms with Gasteiger partial charge in [-0.3, -0.25) is 4.79 Å². The second-order valence-corrected chi connectivity index (χ2v) is 6.44. The fraction of sp³-hybridized carbons (Fsp3) is 0.263. The molecule has 1 N–H and O–H groups in total. The maximum Gasteiger partial charge on any atom is 0.277 e. The molecule has 0 unspecified atom stereocenters. The quantitative estimate of drug-likeness (QED) is 0.548. The van der Waals surface area contributed by atoms with E-state index < -0.39 is 0 Å². The Morgan fingerprint density at radius 1 is 1.19 bits per heavy atom. The summed E-state index contributed by atoms with van der Waals surface area (Å²) in [5.74, 6) is 1.57. The van der Waals surface area contributed by atoms with E-state index in [4.69, 9.17) is 14.2 Å². The van der Waals surface area contributed by atoms with E-state index in [1.54, 1.807) is 32.4 Å². The van der Waals surface area contributed by atoms with Gasteiger partial charge in [0.15, 0.2) is 6.61 Å². The van der Waals surface area contributed by atoms with Crippen LogP contribution in [0.15, 0.2) is 39.9 Å². The Balaban J connectivity index is 1.96. The van der Waals surface area contributed by atoms with Crippen LogP contribution in [0.4, 0.5) is 0 Å². The van der Waals surface area contributed by atoms with Crippen LogP contribution in [0.2, 0.25) is 0 Å². The predicted octanol–water partition coefficient (Wildman–Crippen LogP) is 3.61. The lowest BCUT2D eigenvalue weighted by atomic mass is 10.1. The molecule has 0 spiro atoms. The topological polar surface area (TPSA) is 69.2 Å². The Hall–Kier alpha value is -2.54. The number of carbonyl (C=O) groups excluding carboxylic acids is 1. The van der Waals surface area contributed by atoms with Gasteiger partial charge in [0.2, 0.25) is 0 Å². The molecule has 0 aliphatic heterocycles. The van der Waals surface area contributed by atoms with E-state index in [1.807, 2.05) is 26.0 Å². The average molecular weight is 421 g/mol. The smallest absolute Gasteiger partial charge is 0.277 e. The number of amides is 1. The number of aryl methyl sites for hydroxylation is 2. The molecule has 138 valence electrons. The van der Waals surface area contributed by atoms with Crippen molar-refractivity contribution in [3.05, 3.63) is 51.5 Å². The van der Waals surface area contributed by atoms with Crippen molar-refractivity contribution in [1.29, 1.82) is 0 Å². The highest BCUT2D eigenvalue weighted by atomic mass is 79.9. The maximum atomic E-state index is 12.0. The van der Waals surface area contributed by atoms with Crippen LogP contribution >= 0.6 is 15.9 Å². The second kappa shape index (κ2) is 9.24. The zero-order chi connectivity index (χ0) is 19.1. The molecule has 1 amide bonds. The number of hydrazone groups is 1. The lowest BCUT2D eigenvalue weighted by molar-refractivity contribution is -0.123. The van der Waals surface area contributed by atoms with E-state index in [2.05, 4.69) is 26.5 Å². The number of benzene rings is 2. The molecule has 7 heteroatoms. The predicted molar refractivity (Wildman–Crippen MR) is 104 cm³/mol. The lowest BCUT2D eigenvalue weighted by Gasteiger charge is -2.11. The first-order chi connectivity index (χ1) is 12.4. The van der Waals surface area contributed by atoms with Crippen LogP contribution in [0.1, 0.15) is 16.7 Å². The van der Waals surface area contributed by atoms with Crippen LogP contribution in [-0.2, 0) is 4.79 Å². The first kappa shape index (κ1) is 19.8. The van der Waals surface area contributed by atoms with Gasteiger partial charge < -0.3 is 14.2 Å². The Morgan fingerprint density at radius 3 is 2.62 bits per heavy atom. The molecule has 0 saturated carbocycles. The van der Waals surface area contributed by atoms with Gasteiger partial charge in [-0.15, -0.1) is 0 Å². The minimum Gasteiger partial charge on any atom is -0.497 e. The highest BCUT2D eigenvalue weighted by Crippen LogP contribution is 2.30. The SMILES string of the molecule is COc1ccc(OC)c(C=NNC(=O)COc2c(C)cc(C)cc2Br)c1. The zero-order valence-corrected chi connectivity index (χ0v) is 16.7. The maximum absolute atomic E-state index is 12.0. The van der Waals surface area contributed by atoms with E-state index in [0.717, 1.165) is 15.6 Å². The molecular weight excluding hydrogens is 400 g/mol. The number of nitrogens with one attached hydrogen (secondary N) is 1. The van der Waals surface area contributed by atoms with Crippen molar-refractivity contribution in [2.45, 2.75) is 13.8 Å². The highest BCUT2D eigenvalue weighted by molar-refractivity contribution is 9.10. The first-order valence-corrected chi connectivity index (χ1v) is 8.67. The van der Waals surface area contributed by atoms with Crippen LogP contribution in [0, 0.1) is 13.8 Å². The van der Waals surface area contributed by atoms with Crippen molar-refractivity contribution >= 4 is 28.1 Å². The van der Waals surface area contributed by atoms with Crippen LogP contribution in [0.5, 0.6) is 17.2 Å². The fourth-order valence-corrected chi connectivity index (χ4v) is 3.16. The molecule has 0 heterocycles. The average Bonchev–Trinajstić information content (AvgIpc) is 2.60. The molecule has 2 rings (SSSR count). The molecule has 26 heavy (non-hydrogen) atoms. The molecule has 0 radical (unpaired) electrons. The third-order valence-electron chi connectivity index (χ3n) is 3.55. The summed E-state index contributed by atoms with van der Waals surface area (Å²) in [5, 5.41) is 3.94. The standard InChI is InChI=1S/C19H21BrN2O4/c1-12-7-13(2)19(16(20)8-12)26-11-18(23)22-21-10-14-9-15(24-3)5-6-17(14)25-4/h5-10H,11H2,1-4H3,(H,22,23). The van der Waals surface area contributed by atoms with Crippen LogP contribution in [0.25, 0.3) is 0 Å². The Labute approximate surface area is 161 Å². The molecule has 0 aliphatic carbocycles. The van der Waals surface area contributed by atoms with Crippen LogP contribution in [-0.4, -0.2) is 32.9 Å². The second-order valence-electron chi connectivity index (χ2n) is 5.58. The number of carbonyl (C=O) groups is 1. The number of nitrogens with zero attached hydrogens (tertiary/aromatic N) is 1. The minimum absolute atomic E-state index is 0.144. The Bertz CT molecular complexity index is 798. The van der Waals surface area contributed by atoms with E-state index in [-0.39, 0.29) is 12.5 Å². The minimum atomic E-state index is -0.366. The number of methoxy groups -OCH3 is 2. The number of halogens is 1. The third kappa shape index (κ3) is 5.23. The third-order valence-corrected chi connectivity index (χ3v) is 4.14. The van der Waals surface area contributed by atoms with Crippen molar-refractivity contribution in [3.8, 4) is 17.2 Å². The summed E-state index contributed by atoms with van der Waals surface area (Å²) >= 11 is 3.45. The number of rotatable bonds is 7. The molecular formula is C19H21BrN2O4.